The van der Waals surface area contributed by atoms with E-state index in [1.807, 2.05) is 13.8 Å². The molecule has 0 aliphatic carbocycles. The van der Waals surface area contributed by atoms with E-state index in [-0.39, 0.29) is 17.6 Å². The van der Waals surface area contributed by atoms with Gasteiger partial charge in [-0.05, 0) is 24.1 Å². The monoisotopic (exact) mass is 238 g/mol. The Bertz CT molecular complexity index is 395. The highest BCUT2D eigenvalue weighted by molar-refractivity contribution is 5.96. The van der Waals surface area contributed by atoms with E-state index in [1.165, 1.54) is 17.0 Å². The van der Waals surface area contributed by atoms with Gasteiger partial charge in [0.15, 0.2) is 0 Å². The SMILES string of the molecule is CCC(C)C(N)C(=O)N(C)c1cccc(F)c1. The Hall–Kier alpha value is -1.42. The number of nitrogens with two attached hydrogens (primary N) is 1. The molecule has 2 N–H and O–H groups in total. The molecule has 1 rings (SSSR count). The van der Waals surface area contributed by atoms with Crippen LogP contribution in [-0.4, -0.2) is 19.0 Å². The molecular weight excluding hydrogens is 219 g/mol. The van der Waals surface area contributed by atoms with E-state index in [0.717, 1.165) is 6.42 Å². The predicted molar refractivity (Wildman–Crippen MR) is 67.2 cm³/mol. The number of anilines is 1. The molecule has 3 nitrogen and oxygen atoms in total. The van der Waals surface area contributed by atoms with Crippen LogP contribution in [0.1, 0.15) is 20.3 Å². The van der Waals surface area contributed by atoms with Crippen LogP contribution in [0.3, 0.4) is 0 Å². The standard InChI is InChI=1S/C13H19FN2O/c1-4-9(2)12(15)13(17)16(3)11-7-5-6-10(14)8-11/h5-9,12H,4,15H2,1-3H3. The fourth-order valence-electron chi connectivity index (χ4n) is 1.53. The number of hydrogen-bond donors (Lipinski definition) is 1. The highest BCUT2D eigenvalue weighted by atomic mass is 19.1. The lowest BCUT2D eigenvalue weighted by Gasteiger charge is -2.24. The van der Waals surface area contributed by atoms with Crippen LogP contribution >= 0.6 is 0 Å². The molecule has 0 saturated heterocycles. The molecule has 17 heavy (non-hydrogen) atoms. The van der Waals surface area contributed by atoms with Crippen molar-refractivity contribution in [3.63, 3.8) is 0 Å². The maximum Gasteiger partial charge on any atom is 0.243 e. The molecule has 0 spiro atoms. The second kappa shape index (κ2) is 5.77. The van der Waals surface area contributed by atoms with Gasteiger partial charge < -0.3 is 10.6 Å². The molecule has 0 aromatic heterocycles. The van der Waals surface area contributed by atoms with Gasteiger partial charge in [0.25, 0.3) is 0 Å². The van der Waals surface area contributed by atoms with Crippen LogP contribution in [0.15, 0.2) is 24.3 Å². The van der Waals surface area contributed by atoms with Crippen LogP contribution in [-0.2, 0) is 4.79 Å². The summed E-state index contributed by atoms with van der Waals surface area (Å²) in [4.78, 5) is 13.4. The van der Waals surface area contributed by atoms with Crippen LogP contribution in [0.2, 0.25) is 0 Å². The minimum atomic E-state index is -0.548. The largest absolute Gasteiger partial charge is 0.320 e. The van der Waals surface area contributed by atoms with Gasteiger partial charge in [-0.15, -0.1) is 0 Å². The molecular formula is C13H19FN2O. The molecule has 0 heterocycles. The van der Waals surface area contributed by atoms with Gasteiger partial charge in [-0.2, -0.15) is 0 Å². The van der Waals surface area contributed by atoms with Gasteiger partial charge in [0.05, 0.1) is 6.04 Å². The van der Waals surface area contributed by atoms with Crippen molar-refractivity contribution in [2.75, 3.05) is 11.9 Å². The molecule has 1 aromatic rings. The number of amides is 1. The number of halogens is 1. The molecule has 0 aliphatic heterocycles. The maximum atomic E-state index is 13.0. The van der Waals surface area contributed by atoms with Crippen LogP contribution in [0, 0.1) is 11.7 Å². The first-order valence-corrected chi connectivity index (χ1v) is 5.76. The molecule has 4 heteroatoms. The molecule has 94 valence electrons. The minimum Gasteiger partial charge on any atom is -0.320 e. The van der Waals surface area contributed by atoms with Crippen molar-refractivity contribution >= 4 is 11.6 Å². The first-order valence-electron chi connectivity index (χ1n) is 5.76. The lowest BCUT2D eigenvalue weighted by atomic mass is 9.99. The number of hydrogen-bond acceptors (Lipinski definition) is 2. The number of carbonyl (C=O) groups excluding carboxylic acids is 1. The number of rotatable bonds is 4. The Balaban J connectivity index is 2.83. The van der Waals surface area contributed by atoms with E-state index in [9.17, 15) is 9.18 Å². The van der Waals surface area contributed by atoms with Crippen molar-refractivity contribution in [2.24, 2.45) is 11.7 Å². The quantitative estimate of drug-likeness (QED) is 0.873. The highest BCUT2D eigenvalue weighted by Gasteiger charge is 2.23. The Kier molecular flexibility index (Phi) is 4.63. The average molecular weight is 238 g/mol. The third-order valence-corrected chi connectivity index (χ3v) is 3.07. The van der Waals surface area contributed by atoms with Crippen LogP contribution < -0.4 is 10.6 Å². The molecule has 1 aromatic carbocycles. The van der Waals surface area contributed by atoms with Crippen molar-refractivity contribution in [2.45, 2.75) is 26.3 Å². The fraction of sp³-hybridized carbons (Fsp3) is 0.462. The molecule has 0 aliphatic rings. The van der Waals surface area contributed by atoms with Gasteiger partial charge in [0.1, 0.15) is 5.82 Å². The molecule has 0 fully saturated rings. The summed E-state index contributed by atoms with van der Waals surface area (Å²) in [5.41, 5.74) is 6.38. The Morgan fingerprint density at radius 2 is 2.18 bits per heavy atom. The second-order valence-electron chi connectivity index (χ2n) is 4.29. The van der Waals surface area contributed by atoms with Crippen molar-refractivity contribution in [1.29, 1.82) is 0 Å². The fourth-order valence-corrected chi connectivity index (χ4v) is 1.53. The molecule has 0 bridgehead atoms. The summed E-state index contributed by atoms with van der Waals surface area (Å²) in [6, 6.07) is 5.37. The van der Waals surface area contributed by atoms with Crippen LogP contribution in [0.5, 0.6) is 0 Å². The van der Waals surface area contributed by atoms with Crippen molar-refractivity contribution in [3.8, 4) is 0 Å². The summed E-state index contributed by atoms with van der Waals surface area (Å²) < 4.78 is 13.0. The Labute approximate surface area is 101 Å². The molecule has 1 amide bonds. The second-order valence-corrected chi connectivity index (χ2v) is 4.29. The zero-order chi connectivity index (χ0) is 13.0. The van der Waals surface area contributed by atoms with Gasteiger partial charge in [-0.3, -0.25) is 4.79 Å². The Morgan fingerprint density at radius 3 is 2.71 bits per heavy atom. The molecule has 0 radical (unpaired) electrons. The van der Waals surface area contributed by atoms with Gasteiger partial charge >= 0.3 is 0 Å². The smallest absolute Gasteiger partial charge is 0.243 e. The molecule has 0 saturated carbocycles. The zero-order valence-electron chi connectivity index (χ0n) is 10.5. The summed E-state index contributed by atoms with van der Waals surface area (Å²) in [6.07, 6.45) is 0.837. The first-order chi connectivity index (χ1) is 7.97. The summed E-state index contributed by atoms with van der Waals surface area (Å²) in [7, 11) is 1.61. The zero-order valence-corrected chi connectivity index (χ0v) is 10.5. The average Bonchev–Trinajstić information content (AvgIpc) is 2.35. The van der Waals surface area contributed by atoms with Crippen molar-refractivity contribution in [1.82, 2.24) is 0 Å². The van der Waals surface area contributed by atoms with E-state index >= 15 is 0 Å². The van der Waals surface area contributed by atoms with Gasteiger partial charge in [-0.25, -0.2) is 4.39 Å². The molecule has 2 atom stereocenters. The van der Waals surface area contributed by atoms with Crippen LogP contribution in [0.4, 0.5) is 10.1 Å². The number of benzene rings is 1. The highest BCUT2D eigenvalue weighted by Crippen LogP contribution is 2.16. The number of likely N-dealkylation sites (N-methyl/N-ethyl adjacent to an activating group) is 1. The molecule has 2 unspecified atom stereocenters. The van der Waals surface area contributed by atoms with Gasteiger partial charge in [-0.1, -0.05) is 26.3 Å². The lowest BCUT2D eigenvalue weighted by Crippen LogP contribution is -2.45. The number of nitrogens with zero attached hydrogens (tertiary/aromatic N) is 1. The van der Waals surface area contributed by atoms with Crippen LogP contribution in [0.25, 0.3) is 0 Å². The number of carbonyl (C=O) groups is 1. The third kappa shape index (κ3) is 3.27. The van der Waals surface area contributed by atoms with E-state index in [2.05, 4.69) is 0 Å². The Morgan fingerprint density at radius 1 is 1.53 bits per heavy atom. The normalized spacial score (nSPS) is 14.2. The third-order valence-electron chi connectivity index (χ3n) is 3.07. The van der Waals surface area contributed by atoms with E-state index in [4.69, 9.17) is 5.73 Å². The summed E-state index contributed by atoms with van der Waals surface area (Å²) in [5, 5.41) is 0. The first kappa shape index (κ1) is 13.6. The summed E-state index contributed by atoms with van der Waals surface area (Å²) >= 11 is 0. The van der Waals surface area contributed by atoms with Gasteiger partial charge in [0.2, 0.25) is 5.91 Å². The van der Waals surface area contributed by atoms with Gasteiger partial charge in [0, 0.05) is 12.7 Å². The van der Waals surface area contributed by atoms with E-state index in [1.54, 1.807) is 19.2 Å². The predicted octanol–water partition coefficient (Wildman–Crippen LogP) is 2.16. The van der Waals surface area contributed by atoms with E-state index < -0.39 is 6.04 Å². The maximum absolute atomic E-state index is 13.0. The van der Waals surface area contributed by atoms with E-state index in [0.29, 0.717) is 5.69 Å². The minimum absolute atomic E-state index is 0.110. The van der Waals surface area contributed by atoms with Crippen molar-refractivity contribution < 1.29 is 9.18 Å². The topological polar surface area (TPSA) is 46.3 Å². The lowest BCUT2D eigenvalue weighted by molar-refractivity contribution is -0.120. The summed E-state index contributed by atoms with van der Waals surface area (Å²) in [5.74, 6) is -0.442. The van der Waals surface area contributed by atoms with Crippen molar-refractivity contribution in [3.05, 3.63) is 30.1 Å². The summed E-state index contributed by atoms with van der Waals surface area (Å²) in [6.45, 7) is 3.92.